The predicted octanol–water partition coefficient (Wildman–Crippen LogP) is 2.30. The Labute approximate surface area is 145 Å². The van der Waals surface area contributed by atoms with Gasteiger partial charge in [-0.1, -0.05) is 12.1 Å². The van der Waals surface area contributed by atoms with Crippen LogP contribution >= 0.6 is 0 Å². The van der Waals surface area contributed by atoms with Gasteiger partial charge < -0.3 is 10.1 Å². The van der Waals surface area contributed by atoms with Gasteiger partial charge >= 0.3 is 6.36 Å². The van der Waals surface area contributed by atoms with Crippen molar-refractivity contribution in [1.82, 2.24) is 5.32 Å². The third kappa shape index (κ3) is 5.43. The molecule has 1 amide bonds. The Morgan fingerprint density at radius 1 is 1.15 bits per heavy atom. The Morgan fingerprint density at radius 3 is 2.46 bits per heavy atom. The van der Waals surface area contributed by atoms with Gasteiger partial charge in [0.05, 0.1) is 10.5 Å². The molecule has 0 radical (unpaired) electrons. The summed E-state index contributed by atoms with van der Waals surface area (Å²) in [6.45, 7) is -0.243. The summed E-state index contributed by atoms with van der Waals surface area (Å²) < 4.78 is 76.6. The average Bonchev–Trinajstić information content (AvgIpc) is 2.50. The van der Waals surface area contributed by atoms with Crippen LogP contribution in [0.2, 0.25) is 0 Å². The van der Waals surface area contributed by atoms with Gasteiger partial charge in [-0.2, -0.15) is 0 Å². The molecule has 0 unspecified atom stereocenters. The van der Waals surface area contributed by atoms with Crippen molar-refractivity contribution in [3.8, 4) is 5.75 Å². The lowest BCUT2D eigenvalue weighted by molar-refractivity contribution is -0.274. The minimum Gasteiger partial charge on any atom is -0.406 e. The number of amides is 1. The van der Waals surface area contributed by atoms with E-state index in [1.165, 1.54) is 12.1 Å². The number of halogens is 4. The highest BCUT2D eigenvalue weighted by Crippen LogP contribution is 2.23. The van der Waals surface area contributed by atoms with E-state index >= 15 is 0 Å². The highest BCUT2D eigenvalue weighted by atomic mass is 32.2. The first-order valence-electron chi connectivity index (χ1n) is 6.91. The molecular weight excluding hydrogens is 380 g/mol. The Morgan fingerprint density at radius 2 is 1.85 bits per heavy atom. The van der Waals surface area contributed by atoms with E-state index in [2.05, 4.69) is 10.1 Å². The van der Waals surface area contributed by atoms with Crippen molar-refractivity contribution < 1.29 is 35.5 Å². The van der Waals surface area contributed by atoms with Gasteiger partial charge in [0.1, 0.15) is 11.6 Å². The van der Waals surface area contributed by atoms with Gasteiger partial charge in [0.2, 0.25) is 10.0 Å². The number of alkyl halides is 3. The molecule has 0 bridgehead atoms. The molecule has 0 atom stereocenters. The lowest BCUT2D eigenvalue weighted by Crippen LogP contribution is -2.24. The quantitative estimate of drug-likeness (QED) is 0.763. The highest BCUT2D eigenvalue weighted by molar-refractivity contribution is 7.89. The maximum absolute atomic E-state index is 13.7. The van der Waals surface area contributed by atoms with Crippen molar-refractivity contribution in [3.05, 3.63) is 59.4 Å². The molecule has 0 fully saturated rings. The minimum absolute atomic E-state index is 0.243. The van der Waals surface area contributed by atoms with Gasteiger partial charge in [-0.3, -0.25) is 4.79 Å². The molecular formula is C15H12F4N2O4S. The van der Waals surface area contributed by atoms with Crippen LogP contribution in [-0.4, -0.2) is 20.7 Å². The Hall–Kier alpha value is -2.66. The first kappa shape index (κ1) is 19.7. The number of carbonyl (C=O) groups is 1. The minimum atomic E-state index is -4.86. The van der Waals surface area contributed by atoms with E-state index in [0.717, 1.165) is 30.3 Å². The molecule has 0 aromatic heterocycles. The summed E-state index contributed by atoms with van der Waals surface area (Å²) in [6, 6.07) is 7.26. The van der Waals surface area contributed by atoms with Crippen molar-refractivity contribution in [2.24, 2.45) is 5.14 Å². The van der Waals surface area contributed by atoms with Crippen LogP contribution in [0.3, 0.4) is 0 Å². The standard InChI is InChI=1S/C15H12F4N2O4S/c16-13-5-4-11(26(20,23)24)7-12(13)14(22)21-8-9-2-1-3-10(6-9)25-15(17,18)19/h1-7H,8H2,(H,21,22)(H2,20,23,24). The topological polar surface area (TPSA) is 98.5 Å². The lowest BCUT2D eigenvalue weighted by atomic mass is 10.1. The molecule has 3 N–H and O–H groups in total. The molecule has 6 nitrogen and oxygen atoms in total. The normalized spacial score (nSPS) is 11.9. The monoisotopic (exact) mass is 392 g/mol. The number of carbonyl (C=O) groups excluding carboxylic acids is 1. The van der Waals surface area contributed by atoms with Gasteiger partial charge in [-0.15, -0.1) is 13.2 Å². The van der Waals surface area contributed by atoms with E-state index < -0.39 is 44.3 Å². The second kappa shape index (κ2) is 7.30. The maximum atomic E-state index is 13.7. The zero-order valence-electron chi connectivity index (χ0n) is 12.9. The van der Waals surface area contributed by atoms with Gasteiger partial charge in [-0.05, 0) is 35.9 Å². The van der Waals surface area contributed by atoms with Crippen LogP contribution in [0.15, 0.2) is 47.4 Å². The van der Waals surface area contributed by atoms with Crippen LogP contribution in [0.5, 0.6) is 5.75 Å². The fourth-order valence-corrected chi connectivity index (χ4v) is 2.53. The Balaban J connectivity index is 2.13. The van der Waals surface area contributed by atoms with Crippen LogP contribution in [0.4, 0.5) is 17.6 Å². The summed E-state index contributed by atoms with van der Waals surface area (Å²) in [5.41, 5.74) is -0.317. The molecule has 0 aliphatic heterocycles. The summed E-state index contributed by atoms with van der Waals surface area (Å²) in [6.07, 6.45) is -4.86. The molecule has 0 spiro atoms. The van der Waals surface area contributed by atoms with Gasteiger partial charge in [-0.25, -0.2) is 17.9 Å². The van der Waals surface area contributed by atoms with E-state index in [0.29, 0.717) is 0 Å². The summed E-state index contributed by atoms with van der Waals surface area (Å²) in [4.78, 5) is 11.6. The number of nitrogens with one attached hydrogen (secondary N) is 1. The van der Waals surface area contributed by atoms with Gasteiger partial charge in [0.15, 0.2) is 0 Å². The van der Waals surface area contributed by atoms with Crippen LogP contribution in [0.1, 0.15) is 15.9 Å². The number of nitrogens with two attached hydrogens (primary N) is 1. The Kier molecular flexibility index (Phi) is 5.52. The van der Waals surface area contributed by atoms with E-state index in [1.807, 2.05) is 0 Å². The van der Waals surface area contributed by atoms with E-state index in [4.69, 9.17) is 5.14 Å². The number of rotatable bonds is 5. The van der Waals surface area contributed by atoms with E-state index in [-0.39, 0.29) is 12.1 Å². The molecule has 0 aliphatic carbocycles. The summed E-state index contributed by atoms with van der Waals surface area (Å²) >= 11 is 0. The van der Waals surface area contributed by atoms with Crippen molar-refractivity contribution in [2.75, 3.05) is 0 Å². The van der Waals surface area contributed by atoms with Crippen molar-refractivity contribution in [1.29, 1.82) is 0 Å². The first-order chi connectivity index (χ1) is 12.0. The lowest BCUT2D eigenvalue weighted by Gasteiger charge is -2.11. The van der Waals surface area contributed by atoms with Crippen molar-refractivity contribution in [3.63, 3.8) is 0 Å². The number of hydrogen-bond donors (Lipinski definition) is 2. The average molecular weight is 392 g/mol. The number of benzene rings is 2. The largest absolute Gasteiger partial charge is 0.573 e. The molecule has 2 rings (SSSR count). The summed E-state index contributed by atoms with van der Waals surface area (Å²) in [5.74, 6) is -2.43. The van der Waals surface area contributed by atoms with Crippen molar-refractivity contribution >= 4 is 15.9 Å². The third-order valence-corrected chi connectivity index (χ3v) is 4.01. The van der Waals surface area contributed by atoms with Crippen LogP contribution < -0.4 is 15.2 Å². The highest BCUT2D eigenvalue weighted by Gasteiger charge is 2.31. The third-order valence-electron chi connectivity index (χ3n) is 3.10. The first-order valence-corrected chi connectivity index (χ1v) is 8.45. The molecule has 26 heavy (non-hydrogen) atoms. The maximum Gasteiger partial charge on any atom is 0.573 e. The van der Waals surface area contributed by atoms with Gasteiger partial charge in [0.25, 0.3) is 5.91 Å². The smallest absolute Gasteiger partial charge is 0.406 e. The zero-order chi connectivity index (χ0) is 19.5. The van der Waals surface area contributed by atoms with Crippen LogP contribution in [0.25, 0.3) is 0 Å². The molecule has 11 heteroatoms. The number of sulfonamides is 1. The zero-order valence-corrected chi connectivity index (χ0v) is 13.7. The molecule has 2 aromatic carbocycles. The number of hydrogen-bond acceptors (Lipinski definition) is 4. The SMILES string of the molecule is NS(=O)(=O)c1ccc(F)c(C(=O)NCc2cccc(OC(F)(F)F)c2)c1. The number of ether oxygens (including phenoxy) is 1. The molecule has 0 saturated carbocycles. The molecule has 0 aliphatic rings. The van der Waals surface area contributed by atoms with Crippen LogP contribution in [-0.2, 0) is 16.6 Å². The summed E-state index contributed by atoms with van der Waals surface area (Å²) in [7, 11) is -4.14. The second-order valence-corrected chi connectivity index (χ2v) is 6.63. The van der Waals surface area contributed by atoms with Crippen LogP contribution in [0, 0.1) is 5.82 Å². The predicted molar refractivity (Wildman–Crippen MR) is 82.1 cm³/mol. The molecule has 140 valence electrons. The fourth-order valence-electron chi connectivity index (χ4n) is 1.99. The van der Waals surface area contributed by atoms with E-state index in [1.54, 1.807) is 0 Å². The fraction of sp³-hybridized carbons (Fsp3) is 0.133. The van der Waals surface area contributed by atoms with Crippen molar-refractivity contribution in [2.45, 2.75) is 17.8 Å². The molecule has 0 heterocycles. The molecule has 0 saturated heterocycles. The second-order valence-electron chi connectivity index (χ2n) is 5.06. The summed E-state index contributed by atoms with van der Waals surface area (Å²) in [5, 5.41) is 7.19. The van der Waals surface area contributed by atoms with Gasteiger partial charge in [0, 0.05) is 6.54 Å². The van der Waals surface area contributed by atoms with E-state index in [9.17, 15) is 30.8 Å². The Bertz CT molecular complexity index is 929. The molecule has 2 aromatic rings. The number of primary sulfonamides is 1.